The van der Waals surface area contributed by atoms with Crippen LogP contribution in [0.5, 0.6) is 0 Å². The fourth-order valence-corrected chi connectivity index (χ4v) is 5.38. The maximum Gasteiger partial charge on any atom is 0.297 e. The number of aromatic nitrogens is 2. The van der Waals surface area contributed by atoms with Gasteiger partial charge < -0.3 is 9.97 Å². The van der Waals surface area contributed by atoms with Gasteiger partial charge in [0.05, 0.1) is 0 Å². The van der Waals surface area contributed by atoms with E-state index < -0.39 is 0 Å². The average molecular weight is 714 g/mol. The number of carbonyl (C=O) groups is 1. The van der Waals surface area contributed by atoms with Gasteiger partial charge in [0.1, 0.15) is 12.2 Å². The Morgan fingerprint density at radius 3 is 1.45 bits per heavy atom. The van der Waals surface area contributed by atoms with Gasteiger partial charge in [-0.25, -0.2) is 22.7 Å². The second-order valence-corrected chi connectivity index (χ2v) is 10.3. The van der Waals surface area contributed by atoms with Crippen molar-refractivity contribution >= 4 is 54.4 Å². The van der Waals surface area contributed by atoms with E-state index in [2.05, 4.69) is 58.5 Å². The SMILES string of the molecule is CC(=O)CC(C)=[OH+].[Ir].[c-]1c(-c2ccccn2)sc2ccccc12.[c-]1c(-c2ccccn2)sc2ccccc12. The Hall–Kier alpha value is -3.35. The van der Waals surface area contributed by atoms with Crippen LogP contribution in [0.1, 0.15) is 20.3 Å². The van der Waals surface area contributed by atoms with Gasteiger partial charge in [-0.15, -0.1) is 47.2 Å². The van der Waals surface area contributed by atoms with E-state index in [1.54, 1.807) is 22.7 Å². The molecule has 193 valence electrons. The van der Waals surface area contributed by atoms with Crippen LogP contribution in [0.25, 0.3) is 41.3 Å². The van der Waals surface area contributed by atoms with Crippen molar-refractivity contribution in [3.63, 3.8) is 0 Å². The van der Waals surface area contributed by atoms with Crippen LogP contribution in [0.4, 0.5) is 0 Å². The van der Waals surface area contributed by atoms with Crippen LogP contribution >= 0.6 is 22.7 Å². The molecular formula is C31H25IrN2O2S2-. The first-order chi connectivity index (χ1) is 18.0. The summed E-state index contributed by atoms with van der Waals surface area (Å²) in [4.78, 5) is 29.4. The Bertz CT molecular complexity index is 1430. The van der Waals surface area contributed by atoms with Gasteiger partial charge in [0.25, 0.3) is 5.78 Å². The standard InChI is InChI=1S/2C13H8NS.C5H8O2.Ir/c2*1-2-7-12-10(5-1)9-13(15-12)11-6-3-4-8-14-11;1-4(6)3-5(2)7;/h2*1-8H;3H2,1-2H3;/q2*-1;;/p+1. The van der Waals surface area contributed by atoms with Crippen LogP contribution in [0.15, 0.2) is 97.3 Å². The van der Waals surface area contributed by atoms with Gasteiger partial charge in [0.2, 0.25) is 0 Å². The second kappa shape index (κ2) is 14.6. The minimum absolute atomic E-state index is 0. The topological polar surface area (TPSA) is 64.2 Å². The number of hydrogen-bond acceptors (Lipinski definition) is 5. The maximum atomic E-state index is 10.1. The Morgan fingerprint density at radius 2 is 1.13 bits per heavy atom. The molecule has 0 fully saturated rings. The van der Waals surface area contributed by atoms with Crippen LogP contribution in [0.2, 0.25) is 0 Å². The van der Waals surface area contributed by atoms with Crippen molar-refractivity contribution in [2.24, 2.45) is 0 Å². The van der Waals surface area contributed by atoms with Crippen molar-refractivity contribution in [3.8, 4) is 21.1 Å². The number of rotatable bonds is 4. The summed E-state index contributed by atoms with van der Waals surface area (Å²) < 4.78 is 2.52. The molecule has 0 spiro atoms. The molecule has 0 aliphatic heterocycles. The van der Waals surface area contributed by atoms with Gasteiger partial charge in [-0.05, 0) is 38.2 Å². The average Bonchev–Trinajstić information content (AvgIpc) is 3.54. The molecule has 0 unspecified atom stereocenters. The van der Waals surface area contributed by atoms with E-state index >= 15 is 0 Å². The zero-order chi connectivity index (χ0) is 26.0. The molecule has 0 saturated carbocycles. The molecule has 0 aliphatic rings. The van der Waals surface area contributed by atoms with Gasteiger partial charge in [0, 0.05) is 50.8 Å². The largest absolute Gasteiger partial charge is 0.303 e. The number of hydrogen-bond donors (Lipinski definition) is 0. The smallest absolute Gasteiger partial charge is 0.297 e. The summed E-state index contributed by atoms with van der Waals surface area (Å²) in [6.45, 7) is 2.96. The van der Waals surface area contributed by atoms with Crippen LogP contribution in [0.3, 0.4) is 0 Å². The molecule has 6 rings (SSSR count). The van der Waals surface area contributed by atoms with E-state index in [1.165, 1.54) is 34.0 Å². The van der Waals surface area contributed by atoms with Crippen LogP contribution in [-0.4, -0.2) is 26.3 Å². The van der Waals surface area contributed by atoms with Gasteiger partial charge in [-0.1, -0.05) is 48.5 Å². The van der Waals surface area contributed by atoms with Crippen molar-refractivity contribution < 1.29 is 29.7 Å². The minimum Gasteiger partial charge on any atom is -0.303 e. The van der Waals surface area contributed by atoms with Crippen molar-refractivity contribution in [2.45, 2.75) is 20.3 Å². The first-order valence-electron chi connectivity index (χ1n) is 11.6. The Balaban J connectivity index is 0.000000167. The molecule has 0 bridgehead atoms. The molecule has 38 heavy (non-hydrogen) atoms. The summed E-state index contributed by atoms with van der Waals surface area (Å²) in [5, 5.41) is 2.34. The number of nitrogens with zero attached hydrogens (tertiary/aromatic N) is 2. The quantitative estimate of drug-likeness (QED) is 0.106. The molecule has 0 aliphatic carbocycles. The molecule has 4 heterocycles. The first kappa shape index (κ1) is 29.2. The number of ketones is 2. The molecule has 0 atom stereocenters. The summed E-state index contributed by atoms with van der Waals surface area (Å²) in [7, 11) is 0. The summed E-state index contributed by atoms with van der Waals surface area (Å²) in [5.41, 5.74) is 2.00. The molecular weight excluding hydrogens is 689 g/mol. The van der Waals surface area contributed by atoms with Crippen molar-refractivity contribution in [2.75, 3.05) is 0 Å². The summed E-state index contributed by atoms with van der Waals surface area (Å²) in [6.07, 6.45) is 3.82. The zero-order valence-electron chi connectivity index (χ0n) is 20.8. The predicted molar refractivity (Wildman–Crippen MR) is 156 cm³/mol. The number of Topliss-reactive ketones (excluding diaryl/α,β-unsaturated/α-hetero) is 1. The number of thiophene rings is 2. The molecule has 1 N–H and O–H groups in total. The number of benzene rings is 2. The number of pyridine rings is 2. The molecule has 4 nitrogen and oxygen atoms in total. The summed E-state index contributed by atoms with van der Waals surface area (Å²) >= 11 is 3.46. The van der Waals surface area contributed by atoms with Gasteiger partial charge in [-0.3, -0.25) is 9.59 Å². The number of fused-ring (bicyclic) bond motifs is 2. The van der Waals surface area contributed by atoms with Gasteiger partial charge in [-0.2, -0.15) is 0 Å². The van der Waals surface area contributed by atoms with Crippen LogP contribution < -0.4 is 0 Å². The van der Waals surface area contributed by atoms with Gasteiger partial charge in [0.15, 0.2) is 0 Å². The van der Waals surface area contributed by atoms with Crippen LogP contribution in [0, 0.1) is 12.1 Å². The third-order valence-electron chi connectivity index (χ3n) is 4.99. The Kier molecular flexibility index (Phi) is 11.2. The third-order valence-corrected chi connectivity index (χ3v) is 7.18. The van der Waals surface area contributed by atoms with E-state index in [-0.39, 0.29) is 38.1 Å². The minimum atomic E-state index is 0. The first-order valence-corrected chi connectivity index (χ1v) is 13.3. The van der Waals surface area contributed by atoms with E-state index in [0.717, 1.165) is 21.1 Å². The molecule has 0 amide bonds. The predicted octanol–water partition coefficient (Wildman–Crippen LogP) is 8.05. The van der Waals surface area contributed by atoms with Crippen molar-refractivity contribution in [1.82, 2.24) is 9.97 Å². The maximum absolute atomic E-state index is 10.1. The van der Waals surface area contributed by atoms with E-state index in [0.29, 0.717) is 0 Å². The molecule has 7 heteroatoms. The third kappa shape index (κ3) is 8.33. The molecule has 6 aromatic rings. The fourth-order valence-electron chi connectivity index (χ4n) is 3.42. The number of carbonyl (C=O) groups excluding carboxylic acids is 2. The van der Waals surface area contributed by atoms with E-state index in [9.17, 15) is 4.79 Å². The summed E-state index contributed by atoms with van der Waals surface area (Å²) in [6, 6.07) is 35.2. The normalized spacial score (nSPS) is 9.95. The van der Waals surface area contributed by atoms with Gasteiger partial charge >= 0.3 is 0 Å². The van der Waals surface area contributed by atoms with E-state index in [1.807, 2.05) is 60.9 Å². The fraction of sp³-hybridized carbons (Fsp3) is 0.0968. The Labute approximate surface area is 243 Å². The molecule has 1 radical (unpaired) electrons. The second-order valence-electron chi connectivity index (χ2n) is 8.15. The Morgan fingerprint density at radius 1 is 0.711 bits per heavy atom. The monoisotopic (exact) mass is 714 g/mol. The van der Waals surface area contributed by atoms with Crippen molar-refractivity contribution in [3.05, 3.63) is 109 Å². The molecule has 0 saturated heterocycles. The summed E-state index contributed by atoms with van der Waals surface area (Å²) in [5.74, 6) is 0.188. The molecule has 2 aromatic carbocycles. The zero-order valence-corrected chi connectivity index (χ0v) is 24.9. The molecule has 4 aromatic heterocycles. The van der Waals surface area contributed by atoms with Crippen LogP contribution in [-0.2, 0) is 24.9 Å². The van der Waals surface area contributed by atoms with Crippen molar-refractivity contribution in [1.29, 1.82) is 0 Å². The van der Waals surface area contributed by atoms with E-state index in [4.69, 9.17) is 4.79 Å².